The zero-order valence-electron chi connectivity index (χ0n) is 10.8. The van der Waals surface area contributed by atoms with Crippen molar-refractivity contribution in [1.82, 2.24) is 5.32 Å². The number of rotatable bonds is 5. The van der Waals surface area contributed by atoms with Crippen molar-refractivity contribution in [2.45, 2.75) is 26.1 Å². The Bertz CT molecular complexity index is 418. The van der Waals surface area contributed by atoms with Gasteiger partial charge in [0, 0.05) is 6.54 Å². The van der Waals surface area contributed by atoms with Crippen LogP contribution in [0.4, 0.5) is 17.6 Å². The largest absolute Gasteiger partial charge is 0.416 e. The third-order valence-electron chi connectivity index (χ3n) is 2.57. The van der Waals surface area contributed by atoms with Gasteiger partial charge in [-0.05, 0) is 30.2 Å². The minimum Gasteiger partial charge on any atom is -0.387 e. The first-order valence-electron chi connectivity index (χ1n) is 5.97. The Morgan fingerprint density at radius 2 is 1.84 bits per heavy atom. The van der Waals surface area contributed by atoms with Gasteiger partial charge in [-0.3, -0.25) is 0 Å². The van der Waals surface area contributed by atoms with Gasteiger partial charge in [0.1, 0.15) is 5.82 Å². The summed E-state index contributed by atoms with van der Waals surface area (Å²) in [5.74, 6) is -0.652. The van der Waals surface area contributed by atoms with E-state index in [4.69, 9.17) is 0 Å². The van der Waals surface area contributed by atoms with Crippen LogP contribution < -0.4 is 5.32 Å². The summed E-state index contributed by atoms with van der Waals surface area (Å²) >= 11 is 0. The van der Waals surface area contributed by atoms with E-state index in [0.717, 1.165) is 12.1 Å². The number of hydrogen-bond acceptors (Lipinski definition) is 2. The number of alkyl halides is 3. The van der Waals surface area contributed by atoms with Gasteiger partial charge in [0.05, 0.1) is 11.7 Å². The topological polar surface area (TPSA) is 32.3 Å². The van der Waals surface area contributed by atoms with Crippen molar-refractivity contribution in [3.05, 3.63) is 35.1 Å². The highest BCUT2D eigenvalue weighted by molar-refractivity contribution is 5.32. The molecule has 1 rings (SSSR count). The first-order chi connectivity index (χ1) is 8.71. The standard InChI is InChI=1S/C13H17F4NO/c1-8(2)6-18-7-12(19)10-4-3-9(14)5-11(10)13(15,16)17/h3-5,8,12,18-19H,6-7H2,1-2H3. The molecule has 0 spiro atoms. The minimum absolute atomic E-state index is 0.00705. The van der Waals surface area contributed by atoms with Gasteiger partial charge in [0.2, 0.25) is 0 Å². The summed E-state index contributed by atoms with van der Waals surface area (Å²) in [6, 6.07) is 2.29. The third-order valence-corrected chi connectivity index (χ3v) is 2.57. The van der Waals surface area contributed by atoms with E-state index in [2.05, 4.69) is 5.32 Å². The molecule has 2 nitrogen and oxygen atoms in total. The molecule has 1 atom stereocenters. The molecule has 108 valence electrons. The van der Waals surface area contributed by atoms with Crippen LogP contribution >= 0.6 is 0 Å². The van der Waals surface area contributed by atoms with E-state index in [9.17, 15) is 22.7 Å². The van der Waals surface area contributed by atoms with Crippen molar-refractivity contribution >= 4 is 0 Å². The fourth-order valence-corrected chi connectivity index (χ4v) is 1.68. The fraction of sp³-hybridized carbons (Fsp3) is 0.538. The van der Waals surface area contributed by atoms with Crippen LogP contribution in [-0.2, 0) is 6.18 Å². The zero-order valence-corrected chi connectivity index (χ0v) is 10.8. The summed E-state index contributed by atoms with van der Waals surface area (Å²) in [6.07, 6.45) is -6.01. The van der Waals surface area contributed by atoms with Crippen LogP contribution in [0.5, 0.6) is 0 Å². The lowest BCUT2D eigenvalue weighted by atomic mass is 10.0. The van der Waals surface area contributed by atoms with Crippen molar-refractivity contribution in [1.29, 1.82) is 0 Å². The normalized spacial score (nSPS) is 13.9. The maximum absolute atomic E-state index is 12.9. The van der Waals surface area contributed by atoms with Gasteiger partial charge in [0.25, 0.3) is 0 Å². The van der Waals surface area contributed by atoms with Crippen LogP contribution in [-0.4, -0.2) is 18.2 Å². The van der Waals surface area contributed by atoms with E-state index in [0.29, 0.717) is 18.5 Å². The second-order valence-corrected chi connectivity index (χ2v) is 4.80. The molecule has 0 aliphatic heterocycles. The van der Waals surface area contributed by atoms with Gasteiger partial charge in [0.15, 0.2) is 0 Å². The minimum atomic E-state index is -4.68. The lowest BCUT2D eigenvalue weighted by Crippen LogP contribution is -2.26. The van der Waals surface area contributed by atoms with Crippen LogP contribution in [0.2, 0.25) is 0 Å². The Labute approximate surface area is 109 Å². The van der Waals surface area contributed by atoms with Crippen molar-refractivity contribution in [2.75, 3.05) is 13.1 Å². The molecule has 0 saturated carbocycles. The number of halogens is 4. The molecule has 6 heteroatoms. The summed E-state index contributed by atoms with van der Waals surface area (Å²) < 4.78 is 51.1. The van der Waals surface area contributed by atoms with Crippen LogP contribution in [0, 0.1) is 11.7 Å². The Kier molecular flexibility index (Phi) is 5.31. The van der Waals surface area contributed by atoms with Crippen LogP contribution in [0.15, 0.2) is 18.2 Å². The van der Waals surface area contributed by atoms with E-state index >= 15 is 0 Å². The zero-order chi connectivity index (χ0) is 14.6. The quantitative estimate of drug-likeness (QED) is 0.812. The van der Waals surface area contributed by atoms with Gasteiger partial charge in [-0.2, -0.15) is 13.2 Å². The molecule has 2 N–H and O–H groups in total. The first kappa shape index (κ1) is 15.9. The van der Waals surface area contributed by atoms with E-state index in [1.165, 1.54) is 0 Å². The number of aliphatic hydroxyl groups is 1. The molecule has 0 radical (unpaired) electrons. The lowest BCUT2D eigenvalue weighted by Gasteiger charge is -2.18. The maximum atomic E-state index is 12.9. The molecule has 0 aromatic heterocycles. The highest BCUT2D eigenvalue weighted by atomic mass is 19.4. The number of nitrogens with one attached hydrogen (secondary N) is 1. The number of benzene rings is 1. The number of hydrogen-bond donors (Lipinski definition) is 2. The predicted octanol–water partition coefficient (Wildman–Crippen LogP) is 3.12. The van der Waals surface area contributed by atoms with E-state index in [1.807, 2.05) is 13.8 Å². The molecule has 0 amide bonds. The van der Waals surface area contributed by atoms with Crippen LogP contribution in [0.3, 0.4) is 0 Å². The SMILES string of the molecule is CC(C)CNCC(O)c1ccc(F)cc1C(F)(F)F. The fourth-order valence-electron chi connectivity index (χ4n) is 1.68. The summed E-state index contributed by atoms with van der Waals surface area (Å²) in [7, 11) is 0. The maximum Gasteiger partial charge on any atom is 0.416 e. The summed E-state index contributed by atoms with van der Waals surface area (Å²) in [5.41, 5.74) is -1.45. The molecule has 1 aromatic rings. The summed E-state index contributed by atoms with van der Waals surface area (Å²) in [5, 5.41) is 12.6. The van der Waals surface area contributed by atoms with Crippen molar-refractivity contribution in [3.63, 3.8) is 0 Å². The Hall–Kier alpha value is -1.14. The molecule has 0 heterocycles. The van der Waals surface area contributed by atoms with Gasteiger partial charge in [-0.25, -0.2) is 4.39 Å². The Morgan fingerprint density at radius 3 is 2.37 bits per heavy atom. The van der Waals surface area contributed by atoms with Gasteiger partial charge >= 0.3 is 6.18 Å². The lowest BCUT2D eigenvalue weighted by molar-refractivity contribution is -0.139. The molecule has 1 aromatic carbocycles. The van der Waals surface area contributed by atoms with E-state index in [1.54, 1.807) is 0 Å². The molecular formula is C13H17F4NO. The third kappa shape index (κ3) is 4.80. The van der Waals surface area contributed by atoms with Crippen LogP contribution in [0.1, 0.15) is 31.1 Å². The predicted molar refractivity (Wildman–Crippen MR) is 64.1 cm³/mol. The highest BCUT2D eigenvalue weighted by Crippen LogP contribution is 2.34. The smallest absolute Gasteiger partial charge is 0.387 e. The molecule has 0 bridgehead atoms. The van der Waals surface area contributed by atoms with Crippen LogP contribution in [0.25, 0.3) is 0 Å². The van der Waals surface area contributed by atoms with Gasteiger partial charge < -0.3 is 10.4 Å². The van der Waals surface area contributed by atoms with Crippen molar-refractivity contribution in [3.8, 4) is 0 Å². The second kappa shape index (κ2) is 6.34. The van der Waals surface area contributed by atoms with Crippen molar-refractivity contribution < 1.29 is 22.7 Å². The monoisotopic (exact) mass is 279 g/mol. The Morgan fingerprint density at radius 1 is 1.21 bits per heavy atom. The number of aliphatic hydroxyl groups excluding tert-OH is 1. The van der Waals surface area contributed by atoms with E-state index < -0.39 is 23.7 Å². The first-order valence-corrected chi connectivity index (χ1v) is 5.97. The molecule has 0 saturated heterocycles. The molecule has 0 aliphatic carbocycles. The average molecular weight is 279 g/mol. The van der Waals surface area contributed by atoms with E-state index in [-0.39, 0.29) is 12.1 Å². The molecular weight excluding hydrogens is 262 g/mol. The molecule has 0 fully saturated rings. The van der Waals surface area contributed by atoms with Crippen molar-refractivity contribution in [2.24, 2.45) is 5.92 Å². The van der Waals surface area contributed by atoms with Gasteiger partial charge in [-0.1, -0.05) is 19.9 Å². The summed E-state index contributed by atoms with van der Waals surface area (Å²) in [6.45, 7) is 4.46. The Balaban J connectivity index is 2.87. The molecule has 0 aliphatic rings. The summed E-state index contributed by atoms with van der Waals surface area (Å²) in [4.78, 5) is 0. The average Bonchev–Trinajstić information content (AvgIpc) is 2.27. The molecule has 19 heavy (non-hydrogen) atoms. The highest BCUT2D eigenvalue weighted by Gasteiger charge is 2.35. The van der Waals surface area contributed by atoms with Gasteiger partial charge in [-0.15, -0.1) is 0 Å². The molecule has 1 unspecified atom stereocenters. The second-order valence-electron chi connectivity index (χ2n) is 4.80.